The summed E-state index contributed by atoms with van der Waals surface area (Å²) in [4.78, 5) is 11.7. The fourth-order valence-corrected chi connectivity index (χ4v) is 3.14. The van der Waals surface area contributed by atoms with Crippen molar-refractivity contribution in [3.8, 4) is 0 Å². The lowest BCUT2D eigenvalue weighted by Gasteiger charge is -2.23. The quantitative estimate of drug-likeness (QED) is 0.729. The Morgan fingerprint density at radius 3 is 2.83 bits per heavy atom. The van der Waals surface area contributed by atoms with Crippen LogP contribution >= 0.6 is 0 Å². The molecule has 23 heavy (non-hydrogen) atoms. The van der Waals surface area contributed by atoms with E-state index in [-0.39, 0.29) is 12.0 Å². The standard InChI is InChI=1S/C18H20N4O/c1-12(2)18-20-17(21-23-18)15-8-5-11-22(15)16-10-9-13-6-3-4-7-14(13)19-16/h3-4,6-7,9-10,12,15H,5,8,11H2,1-2H3. The van der Waals surface area contributed by atoms with E-state index in [2.05, 4.69) is 53.2 Å². The van der Waals surface area contributed by atoms with Crippen LogP contribution in [0.3, 0.4) is 0 Å². The first kappa shape index (κ1) is 14.2. The number of aromatic nitrogens is 3. The Labute approximate surface area is 135 Å². The van der Waals surface area contributed by atoms with E-state index < -0.39 is 0 Å². The lowest BCUT2D eigenvalue weighted by atomic mass is 10.2. The van der Waals surface area contributed by atoms with Crippen LogP contribution in [-0.2, 0) is 0 Å². The van der Waals surface area contributed by atoms with Gasteiger partial charge in [-0.15, -0.1) is 0 Å². The Bertz CT molecular complexity index is 827. The van der Waals surface area contributed by atoms with Crippen LogP contribution < -0.4 is 4.90 Å². The van der Waals surface area contributed by atoms with E-state index in [9.17, 15) is 0 Å². The van der Waals surface area contributed by atoms with Gasteiger partial charge in [0.25, 0.3) is 0 Å². The zero-order valence-corrected chi connectivity index (χ0v) is 13.4. The molecule has 1 unspecified atom stereocenters. The number of hydrogen-bond acceptors (Lipinski definition) is 5. The topological polar surface area (TPSA) is 55.1 Å². The average molecular weight is 308 g/mol. The van der Waals surface area contributed by atoms with E-state index in [0.717, 1.165) is 41.9 Å². The van der Waals surface area contributed by atoms with Crippen LogP contribution in [0.5, 0.6) is 0 Å². The summed E-state index contributed by atoms with van der Waals surface area (Å²) in [6, 6.07) is 12.6. The van der Waals surface area contributed by atoms with Gasteiger partial charge in [-0.2, -0.15) is 4.98 Å². The second-order valence-electron chi connectivity index (χ2n) is 6.36. The molecule has 4 rings (SSSR count). The van der Waals surface area contributed by atoms with E-state index in [4.69, 9.17) is 9.51 Å². The van der Waals surface area contributed by atoms with Gasteiger partial charge in [-0.3, -0.25) is 0 Å². The van der Waals surface area contributed by atoms with E-state index in [0.29, 0.717) is 5.89 Å². The van der Waals surface area contributed by atoms with Gasteiger partial charge in [0.05, 0.1) is 11.6 Å². The Hall–Kier alpha value is -2.43. The summed E-state index contributed by atoms with van der Waals surface area (Å²) in [5, 5.41) is 5.36. The van der Waals surface area contributed by atoms with Crippen molar-refractivity contribution in [2.45, 2.75) is 38.6 Å². The van der Waals surface area contributed by atoms with Gasteiger partial charge < -0.3 is 9.42 Å². The molecule has 0 bridgehead atoms. The van der Waals surface area contributed by atoms with Gasteiger partial charge in [0.15, 0.2) is 5.82 Å². The van der Waals surface area contributed by atoms with Crippen molar-refractivity contribution in [2.75, 3.05) is 11.4 Å². The predicted octanol–water partition coefficient (Wildman–Crippen LogP) is 4.08. The maximum Gasteiger partial charge on any atom is 0.229 e. The monoisotopic (exact) mass is 308 g/mol. The van der Waals surface area contributed by atoms with Crippen LogP contribution in [-0.4, -0.2) is 21.7 Å². The van der Waals surface area contributed by atoms with E-state index in [1.54, 1.807) is 0 Å². The molecule has 1 atom stereocenters. The fourth-order valence-electron chi connectivity index (χ4n) is 3.14. The molecular weight excluding hydrogens is 288 g/mol. The number of fused-ring (bicyclic) bond motifs is 1. The van der Waals surface area contributed by atoms with Crippen LogP contribution in [0, 0.1) is 0 Å². The van der Waals surface area contributed by atoms with Gasteiger partial charge in [-0.05, 0) is 31.0 Å². The smallest absolute Gasteiger partial charge is 0.229 e. The van der Waals surface area contributed by atoms with Crippen LogP contribution in [0.1, 0.15) is 50.4 Å². The zero-order chi connectivity index (χ0) is 15.8. The number of hydrogen-bond donors (Lipinski definition) is 0. The number of nitrogens with zero attached hydrogens (tertiary/aromatic N) is 4. The highest BCUT2D eigenvalue weighted by Gasteiger charge is 2.31. The van der Waals surface area contributed by atoms with Crippen LogP contribution in [0.25, 0.3) is 10.9 Å². The maximum absolute atomic E-state index is 5.38. The van der Waals surface area contributed by atoms with Gasteiger partial charge >= 0.3 is 0 Å². The number of para-hydroxylation sites is 1. The fraction of sp³-hybridized carbons (Fsp3) is 0.389. The van der Waals surface area contributed by atoms with E-state index in [1.807, 2.05) is 12.1 Å². The number of benzene rings is 1. The third-order valence-corrected chi connectivity index (χ3v) is 4.38. The molecule has 1 aliphatic rings. The summed E-state index contributed by atoms with van der Waals surface area (Å²) in [5.41, 5.74) is 1.02. The summed E-state index contributed by atoms with van der Waals surface area (Å²) >= 11 is 0. The third-order valence-electron chi connectivity index (χ3n) is 4.38. The molecular formula is C18H20N4O. The largest absolute Gasteiger partial charge is 0.346 e. The number of pyridine rings is 1. The van der Waals surface area contributed by atoms with Crippen molar-refractivity contribution in [2.24, 2.45) is 0 Å². The van der Waals surface area contributed by atoms with Crippen molar-refractivity contribution in [1.29, 1.82) is 0 Å². The lowest BCUT2D eigenvalue weighted by Crippen LogP contribution is -2.24. The van der Waals surface area contributed by atoms with Crippen molar-refractivity contribution < 1.29 is 4.52 Å². The first-order valence-corrected chi connectivity index (χ1v) is 8.18. The van der Waals surface area contributed by atoms with Gasteiger partial charge in [0.2, 0.25) is 5.89 Å². The highest BCUT2D eigenvalue weighted by atomic mass is 16.5. The van der Waals surface area contributed by atoms with Crippen molar-refractivity contribution in [3.63, 3.8) is 0 Å². The van der Waals surface area contributed by atoms with Crippen LogP contribution in [0.2, 0.25) is 0 Å². The molecule has 2 aromatic heterocycles. The summed E-state index contributed by atoms with van der Waals surface area (Å²) in [6.07, 6.45) is 2.15. The minimum absolute atomic E-state index is 0.153. The summed E-state index contributed by atoms with van der Waals surface area (Å²) in [6.45, 7) is 5.10. The van der Waals surface area contributed by atoms with E-state index >= 15 is 0 Å². The number of anilines is 1. The van der Waals surface area contributed by atoms with Crippen molar-refractivity contribution in [3.05, 3.63) is 48.1 Å². The number of rotatable bonds is 3. The highest BCUT2D eigenvalue weighted by molar-refractivity contribution is 5.80. The van der Waals surface area contributed by atoms with Gasteiger partial charge in [-0.1, -0.05) is 37.2 Å². The molecule has 5 nitrogen and oxygen atoms in total. The SMILES string of the molecule is CC(C)c1nc(C2CCCN2c2ccc3ccccc3n2)no1. The van der Waals surface area contributed by atoms with Gasteiger partial charge in [-0.25, -0.2) is 4.98 Å². The second kappa shape index (κ2) is 5.65. The minimum Gasteiger partial charge on any atom is -0.346 e. The molecule has 1 saturated heterocycles. The van der Waals surface area contributed by atoms with Crippen molar-refractivity contribution in [1.82, 2.24) is 15.1 Å². The third kappa shape index (κ3) is 2.56. The maximum atomic E-state index is 5.38. The molecule has 0 aliphatic carbocycles. The lowest BCUT2D eigenvalue weighted by molar-refractivity contribution is 0.358. The molecule has 0 saturated carbocycles. The molecule has 0 radical (unpaired) electrons. The van der Waals surface area contributed by atoms with Crippen molar-refractivity contribution >= 4 is 16.7 Å². The Morgan fingerprint density at radius 2 is 2.00 bits per heavy atom. The molecule has 5 heteroatoms. The second-order valence-corrected chi connectivity index (χ2v) is 6.36. The van der Waals surface area contributed by atoms with E-state index in [1.165, 1.54) is 0 Å². The highest BCUT2D eigenvalue weighted by Crippen LogP contribution is 2.34. The van der Waals surface area contributed by atoms with Crippen LogP contribution in [0.4, 0.5) is 5.82 Å². The Kier molecular flexibility index (Phi) is 3.48. The first-order valence-electron chi connectivity index (χ1n) is 8.18. The molecule has 1 aliphatic heterocycles. The van der Waals surface area contributed by atoms with Gasteiger partial charge in [0.1, 0.15) is 5.82 Å². The minimum atomic E-state index is 0.153. The predicted molar refractivity (Wildman–Crippen MR) is 89.5 cm³/mol. The summed E-state index contributed by atoms with van der Waals surface area (Å²) in [5.74, 6) is 2.73. The van der Waals surface area contributed by atoms with Crippen LogP contribution in [0.15, 0.2) is 40.9 Å². The Balaban J connectivity index is 1.68. The summed E-state index contributed by atoms with van der Waals surface area (Å²) < 4.78 is 5.38. The molecule has 1 fully saturated rings. The average Bonchev–Trinajstić information content (AvgIpc) is 3.23. The van der Waals surface area contributed by atoms with Gasteiger partial charge in [0, 0.05) is 17.8 Å². The molecule has 118 valence electrons. The normalized spacial score (nSPS) is 18.2. The molecule has 3 heterocycles. The molecule has 3 aromatic rings. The molecule has 0 spiro atoms. The molecule has 0 N–H and O–H groups in total. The first-order chi connectivity index (χ1) is 11.2. The molecule has 0 amide bonds. The zero-order valence-electron chi connectivity index (χ0n) is 13.4. The summed E-state index contributed by atoms with van der Waals surface area (Å²) in [7, 11) is 0. The molecule has 1 aromatic carbocycles. The Morgan fingerprint density at radius 1 is 1.13 bits per heavy atom.